The maximum Gasteiger partial charge on any atom is 0.169 e. The van der Waals surface area contributed by atoms with Crippen molar-refractivity contribution in [2.24, 2.45) is 10.8 Å². The highest BCUT2D eigenvalue weighted by Crippen LogP contribution is 2.64. The Bertz CT molecular complexity index is 3350. The average Bonchev–Trinajstić information content (AvgIpc) is 4.15. The van der Waals surface area contributed by atoms with Gasteiger partial charge in [0.1, 0.15) is 0 Å². The first-order valence-corrected chi connectivity index (χ1v) is 22.2. The van der Waals surface area contributed by atoms with E-state index in [1.165, 1.54) is 93.8 Å². The molecule has 3 nitrogen and oxygen atoms in total. The van der Waals surface area contributed by atoms with Crippen molar-refractivity contribution in [2.45, 2.75) is 69.6 Å². The lowest BCUT2D eigenvalue weighted by molar-refractivity contribution is 0.0826. The molecule has 0 bridgehead atoms. The highest BCUT2D eigenvalue weighted by atomic mass is 16.1. The second kappa shape index (κ2) is 10.3. The lowest BCUT2D eigenvalue weighted by Gasteiger charge is -2.30. The van der Waals surface area contributed by atoms with E-state index in [-0.39, 0.29) is 22.7 Å². The second-order valence-electron chi connectivity index (χ2n) is 19.7. The molecule has 2 saturated carbocycles. The van der Waals surface area contributed by atoms with Crippen LogP contribution in [0.25, 0.3) is 71.5 Å². The Morgan fingerprint density at radius 2 is 0.933 bits per heavy atom. The normalized spacial score (nSPS) is 24.8. The summed E-state index contributed by atoms with van der Waals surface area (Å²) in [6, 6.07) is 48.4. The predicted octanol–water partition coefficient (Wildman–Crippen LogP) is 13.8. The molecule has 60 heavy (non-hydrogen) atoms. The molecule has 0 saturated heterocycles. The van der Waals surface area contributed by atoms with Gasteiger partial charge in [0.15, 0.2) is 11.6 Å². The molecular formula is C57H41NO2. The molecule has 0 aliphatic heterocycles. The minimum Gasteiger partial charge on any atom is -0.308 e. The molecule has 0 amide bonds. The summed E-state index contributed by atoms with van der Waals surface area (Å²) in [4.78, 5) is 28.6. The third kappa shape index (κ3) is 3.40. The van der Waals surface area contributed by atoms with E-state index < -0.39 is 5.41 Å². The zero-order valence-electron chi connectivity index (χ0n) is 33.8. The SMILES string of the molecule is CC12CCCC1c1cc3c4cc(-c5ccc6c(c5)C5(c7ccccc7-c7ccccc75)c5ccccc5-6)cc5c6cc7c(cc6n(c3cc1C2=O)c45)C(=O)C1(C)CCCC71. The van der Waals surface area contributed by atoms with Gasteiger partial charge >= 0.3 is 0 Å². The molecular weight excluding hydrogens is 731 g/mol. The third-order valence-electron chi connectivity index (χ3n) is 17.3. The summed E-state index contributed by atoms with van der Waals surface area (Å²) in [6.07, 6.45) is 6.26. The summed E-state index contributed by atoms with van der Waals surface area (Å²) in [5.74, 6) is 1.17. The summed E-state index contributed by atoms with van der Waals surface area (Å²) in [6.45, 7) is 4.42. The molecule has 2 aromatic heterocycles. The number of hydrogen-bond acceptors (Lipinski definition) is 2. The van der Waals surface area contributed by atoms with Crippen LogP contribution in [0.5, 0.6) is 0 Å². The number of aromatic nitrogens is 1. The maximum atomic E-state index is 14.3. The zero-order chi connectivity index (χ0) is 39.6. The molecule has 0 radical (unpaired) electrons. The molecule has 2 fully saturated rings. The van der Waals surface area contributed by atoms with Gasteiger partial charge in [-0.15, -0.1) is 0 Å². The van der Waals surface area contributed by atoms with Gasteiger partial charge in [0.2, 0.25) is 0 Å². The molecule has 286 valence electrons. The van der Waals surface area contributed by atoms with Crippen LogP contribution >= 0.6 is 0 Å². The van der Waals surface area contributed by atoms with Crippen molar-refractivity contribution in [3.05, 3.63) is 172 Å². The number of ketones is 2. The Morgan fingerprint density at radius 1 is 0.467 bits per heavy atom. The zero-order valence-corrected chi connectivity index (χ0v) is 33.8. The fourth-order valence-corrected chi connectivity index (χ4v) is 14.6. The number of carbonyl (C=O) groups excluding carboxylic acids is 2. The first kappa shape index (κ1) is 32.5. The van der Waals surface area contributed by atoms with Crippen LogP contribution in [0, 0.1) is 10.8 Å². The van der Waals surface area contributed by atoms with Gasteiger partial charge in [0.25, 0.3) is 0 Å². The Kier molecular flexibility index (Phi) is 5.60. The second-order valence-corrected chi connectivity index (χ2v) is 19.7. The van der Waals surface area contributed by atoms with Gasteiger partial charge in [0.05, 0.1) is 22.0 Å². The molecule has 6 aliphatic rings. The molecule has 2 heterocycles. The van der Waals surface area contributed by atoms with E-state index in [0.29, 0.717) is 11.6 Å². The van der Waals surface area contributed by atoms with E-state index in [1.807, 2.05) is 0 Å². The standard InChI is InChI=1S/C57H41NO2/c1-55-21-9-17-44(55)36-26-38-40-23-31(24-41-39-27-37-43(54(60)56(2)22-10-18-45(37)56)29-51(39)58(52(40)41)50(38)28-42(36)53(55)59)30-19-20-35-34-13-5-8-16-48(34)57(49(35)25-30)46-14-6-3-11-32(46)33-12-4-7-15-47(33)57/h3-8,11-16,19-20,23-29,44-45H,9-10,17-18,21-22H2,1-2H3. The van der Waals surface area contributed by atoms with Crippen molar-refractivity contribution < 1.29 is 9.59 Å². The van der Waals surface area contributed by atoms with E-state index in [1.54, 1.807) is 0 Å². The average molecular weight is 772 g/mol. The number of carbonyl (C=O) groups is 2. The highest BCUT2D eigenvalue weighted by Gasteiger charge is 2.54. The van der Waals surface area contributed by atoms with Gasteiger partial charge in [-0.3, -0.25) is 9.59 Å². The van der Waals surface area contributed by atoms with Crippen LogP contribution in [0.2, 0.25) is 0 Å². The van der Waals surface area contributed by atoms with Crippen molar-refractivity contribution in [3.63, 3.8) is 0 Å². The number of nitrogens with zero attached hydrogens (tertiary/aromatic N) is 1. The minimum atomic E-state index is -0.416. The van der Waals surface area contributed by atoms with Crippen molar-refractivity contribution >= 4 is 49.7 Å². The van der Waals surface area contributed by atoms with Gasteiger partial charge in [-0.2, -0.15) is 0 Å². The summed E-state index contributed by atoms with van der Waals surface area (Å²) >= 11 is 0. The van der Waals surface area contributed by atoms with E-state index in [0.717, 1.165) is 60.7 Å². The highest BCUT2D eigenvalue weighted by molar-refractivity contribution is 6.26. The van der Waals surface area contributed by atoms with Crippen LogP contribution in [0.4, 0.5) is 0 Å². The minimum absolute atomic E-state index is 0.272. The monoisotopic (exact) mass is 771 g/mol. The van der Waals surface area contributed by atoms with Gasteiger partial charge in [-0.25, -0.2) is 0 Å². The van der Waals surface area contributed by atoms with Gasteiger partial charge in [0, 0.05) is 43.5 Å². The number of benzene rings is 7. The lowest BCUT2D eigenvalue weighted by atomic mass is 9.70. The van der Waals surface area contributed by atoms with E-state index in [9.17, 15) is 9.59 Å². The Balaban J connectivity index is 1.04. The van der Waals surface area contributed by atoms with Crippen molar-refractivity contribution in [3.8, 4) is 33.4 Å². The first-order valence-electron chi connectivity index (χ1n) is 22.2. The van der Waals surface area contributed by atoms with E-state index >= 15 is 0 Å². The molecule has 4 atom stereocenters. The summed E-state index contributed by atoms with van der Waals surface area (Å²) in [5.41, 5.74) is 19.6. The largest absolute Gasteiger partial charge is 0.308 e. The number of Topliss-reactive ketones (excluding diaryl/α,β-unsaturated/α-hetero) is 2. The molecule has 7 aromatic carbocycles. The number of rotatable bonds is 1. The molecule has 15 rings (SSSR count). The smallest absolute Gasteiger partial charge is 0.169 e. The molecule has 4 unspecified atom stereocenters. The Labute approximate surface area is 348 Å². The van der Waals surface area contributed by atoms with E-state index in [4.69, 9.17) is 0 Å². The van der Waals surface area contributed by atoms with Crippen molar-refractivity contribution in [1.82, 2.24) is 4.40 Å². The number of hydrogen-bond donors (Lipinski definition) is 0. The van der Waals surface area contributed by atoms with Crippen molar-refractivity contribution in [1.29, 1.82) is 0 Å². The molecule has 6 aliphatic carbocycles. The quantitative estimate of drug-likeness (QED) is 0.167. The maximum absolute atomic E-state index is 14.3. The summed E-state index contributed by atoms with van der Waals surface area (Å²) in [5, 5.41) is 4.87. The summed E-state index contributed by atoms with van der Waals surface area (Å²) in [7, 11) is 0. The van der Waals surface area contributed by atoms with Crippen LogP contribution in [0.15, 0.2) is 127 Å². The first-order chi connectivity index (χ1) is 29.3. The topological polar surface area (TPSA) is 38.5 Å². The van der Waals surface area contributed by atoms with Gasteiger partial charge in [-0.05, 0) is 147 Å². The molecule has 3 heteroatoms. The van der Waals surface area contributed by atoms with Crippen LogP contribution in [0.3, 0.4) is 0 Å². The van der Waals surface area contributed by atoms with Gasteiger partial charge in [-0.1, -0.05) is 112 Å². The predicted molar refractivity (Wildman–Crippen MR) is 241 cm³/mol. The Morgan fingerprint density at radius 3 is 1.43 bits per heavy atom. The Hall–Kier alpha value is -6.32. The van der Waals surface area contributed by atoms with Crippen molar-refractivity contribution in [2.75, 3.05) is 0 Å². The molecule has 0 N–H and O–H groups in total. The van der Waals surface area contributed by atoms with Crippen LogP contribution in [0.1, 0.15) is 118 Å². The van der Waals surface area contributed by atoms with Crippen LogP contribution < -0.4 is 0 Å². The summed E-state index contributed by atoms with van der Waals surface area (Å²) < 4.78 is 2.41. The molecule has 1 spiro atoms. The van der Waals surface area contributed by atoms with Crippen LogP contribution in [-0.4, -0.2) is 16.0 Å². The third-order valence-corrected chi connectivity index (χ3v) is 17.3. The molecule has 9 aromatic rings. The lowest BCUT2D eigenvalue weighted by Crippen LogP contribution is -2.25. The van der Waals surface area contributed by atoms with E-state index in [2.05, 4.69) is 146 Å². The van der Waals surface area contributed by atoms with Crippen LogP contribution in [-0.2, 0) is 5.41 Å². The fraction of sp³-hybridized carbons (Fsp3) is 0.228. The van der Waals surface area contributed by atoms with Gasteiger partial charge < -0.3 is 4.40 Å². The number of fused-ring (bicyclic) bond motifs is 22. The fourth-order valence-electron chi connectivity index (χ4n) is 14.6.